The predicted octanol–water partition coefficient (Wildman–Crippen LogP) is 1.73. The minimum Gasteiger partial charge on any atom is -0.378 e. The van der Waals surface area contributed by atoms with Crippen LogP contribution in [0.25, 0.3) is 0 Å². The maximum atomic E-state index is 12.0. The highest BCUT2D eigenvalue weighted by atomic mass is 16.3. The van der Waals surface area contributed by atoms with E-state index in [1.165, 1.54) is 0 Å². The molecule has 86 valence electrons. The Hall–Kier alpha value is -1.35. The average Bonchev–Trinajstić information content (AvgIpc) is 2.75. The summed E-state index contributed by atoms with van der Waals surface area (Å²) in [6.45, 7) is 2.80. The molecule has 2 atom stereocenters. The molecule has 16 heavy (non-hydrogen) atoms. The first kappa shape index (κ1) is 11.1. The molecule has 1 fully saturated rings. The number of hydrogen-bond acceptors (Lipinski definition) is 2. The molecule has 0 saturated carbocycles. The Morgan fingerprint density at radius 1 is 1.44 bits per heavy atom. The Kier molecular flexibility index (Phi) is 3.25. The molecule has 1 saturated heterocycles. The van der Waals surface area contributed by atoms with Crippen molar-refractivity contribution in [2.24, 2.45) is 0 Å². The molecule has 1 aliphatic heterocycles. The van der Waals surface area contributed by atoms with Crippen LogP contribution in [0.1, 0.15) is 31.4 Å². The summed E-state index contributed by atoms with van der Waals surface area (Å²) in [7, 11) is 0. The van der Waals surface area contributed by atoms with Gasteiger partial charge in [0.1, 0.15) is 0 Å². The number of benzene rings is 1. The van der Waals surface area contributed by atoms with Gasteiger partial charge in [-0.25, -0.2) is 0 Å². The van der Waals surface area contributed by atoms with Gasteiger partial charge >= 0.3 is 0 Å². The van der Waals surface area contributed by atoms with Crippen LogP contribution in [0.4, 0.5) is 0 Å². The van der Waals surface area contributed by atoms with Gasteiger partial charge in [-0.05, 0) is 25.3 Å². The predicted molar refractivity (Wildman–Crippen MR) is 61.8 cm³/mol. The van der Waals surface area contributed by atoms with Gasteiger partial charge in [-0.1, -0.05) is 30.3 Å². The van der Waals surface area contributed by atoms with Crippen molar-refractivity contribution in [1.29, 1.82) is 0 Å². The SMILES string of the molecule is C[C@@H]1CCCN1C(=O)[C@H](O)c1ccccc1. The monoisotopic (exact) mass is 219 g/mol. The van der Waals surface area contributed by atoms with Gasteiger partial charge in [-0.2, -0.15) is 0 Å². The van der Waals surface area contributed by atoms with E-state index < -0.39 is 6.10 Å². The zero-order valence-electron chi connectivity index (χ0n) is 9.47. The number of rotatable bonds is 2. The van der Waals surface area contributed by atoms with E-state index >= 15 is 0 Å². The molecule has 0 unspecified atom stereocenters. The molecule has 3 heteroatoms. The fourth-order valence-corrected chi connectivity index (χ4v) is 2.20. The third kappa shape index (κ3) is 2.09. The van der Waals surface area contributed by atoms with E-state index in [4.69, 9.17) is 0 Å². The van der Waals surface area contributed by atoms with Crippen LogP contribution in [0.5, 0.6) is 0 Å². The number of hydrogen-bond donors (Lipinski definition) is 1. The lowest BCUT2D eigenvalue weighted by atomic mass is 10.1. The molecule has 0 aliphatic carbocycles. The first-order valence-corrected chi connectivity index (χ1v) is 5.73. The number of aliphatic hydroxyl groups excluding tert-OH is 1. The second kappa shape index (κ2) is 4.66. The van der Waals surface area contributed by atoms with Crippen molar-refractivity contribution in [1.82, 2.24) is 4.90 Å². The highest BCUT2D eigenvalue weighted by Gasteiger charge is 2.30. The van der Waals surface area contributed by atoms with Crippen molar-refractivity contribution in [2.45, 2.75) is 31.9 Å². The molecule has 0 aromatic heterocycles. The molecule has 0 spiro atoms. The molecular formula is C13H17NO2. The Morgan fingerprint density at radius 3 is 2.69 bits per heavy atom. The van der Waals surface area contributed by atoms with E-state index in [1.54, 1.807) is 17.0 Å². The first-order chi connectivity index (χ1) is 7.70. The summed E-state index contributed by atoms with van der Waals surface area (Å²) < 4.78 is 0. The molecular weight excluding hydrogens is 202 g/mol. The van der Waals surface area contributed by atoms with Gasteiger partial charge in [0, 0.05) is 12.6 Å². The molecule has 1 aromatic rings. The van der Waals surface area contributed by atoms with E-state index in [2.05, 4.69) is 0 Å². The number of aliphatic hydroxyl groups is 1. The standard InChI is InChI=1S/C13H17NO2/c1-10-6-5-9-14(10)13(16)12(15)11-7-3-2-4-8-11/h2-4,7-8,10,12,15H,5-6,9H2,1H3/t10-,12-/m1/s1. The van der Waals surface area contributed by atoms with Gasteiger partial charge in [-0.3, -0.25) is 4.79 Å². The zero-order chi connectivity index (χ0) is 11.5. The Labute approximate surface area is 95.7 Å². The van der Waals surface area contributed by atoms with E-state index in [0.29, 0.717) is 5.56 Å². The third-order valence-corrected chi connectivity index (χ3v) is 3.19. The molecule has 1 heterocycles. The maximum absolute atomic E-state index is 12.0. The van der Waals surface area contributed by atoms with Gasteiger partial charge in [0.25, 0.3) is 5.91 Å². The summed E-state index contributed by atoms with van der Waals surface area (Å²) in [4.78, 5) is 13.8. The Bertz CT molecular complexity index is 363. The quantitative estimate of drug-likeness (QED) is 0.823. The minimum atomic E-state index is -1.01. The first-order valence-electron chi connectivity index (χ1n) is 5.73. The summed E-state index contributed by atoms with van der Waals surface area (Å²) in [5, 5.41) is 9.98. The number of likely N-dealkylation sites (tertiary alicyclic amines) is 1. The molecule has 0 radical (unpaired) electrons. The maximum Gasteiger partial charge on any atom is 0.256 e. The minimum absolute atomic E-state index is 0.170. The molecule has 2 rings (SSSR count). The summed E-state index contributed by atoms with van der Waals surface area (Å²) in [6, 6.07) is 9.36. The Morgan fingerprint density at radius 2 is 2.12 bits per heavy atom. The lowest BCUT2D eigenvalue weighted by molar-refractivity contribution is -0.141. The second-order valence-corrected chi connectivity index (χ2v) is 4.34. The highest BCUT2D eigenvalue weighted by Crippen LogP contribution is 2.22. The molecule has 1 aliphatic rings. The van der Waals surface area contributed by atoms with Crippen LogP contribution in [0, 0.1) is 0 Å². The summed E-state index contributed by atoms with van der Waals surface area (Å²) in [5.41, 5.74) is 0.673. The number of nitrogens with zero attached hydrogens (tertiary/aromatic N) is 1. The molecule has 1 aromatic carbocycles. The van der Waals surface area contributed by atoms with Crippen molar-refractivity contribution in [3.05, 3.63) is 35.9 Å². The zero-order valence-corrected chi connectivity index (χ0v) is 9.47. The molecule has 1 amide bonds. The van der Waals surface area contributed by atoms with Crippen molar-refractivity contribution in [3.63, 3.8) is 0 Å². The fraction of sp³-hybridized carbons (Fsp3) is 0.462. The van der Waals surface area contributed by atoms with E-state index in [1.807, 2.05) is 25.1 Å². The second-order valence-electron chi connectivity index (χ2n) is 4.34. The summed E-state index contributed by atoms with van der Waals surface area (Å²) >= 11 is 0. The molecule has 3 nitrogen and oxygen atoms in total. The lowest BCUT2D eigenvalue weighted by Crippen LogP contribution is -2.37. The smallest absolute Gasteiger partial charge is 0.256 e. The van der Waals surface area contributed by atoms with Crippen molar-refractivity contribution >= 4 is 5.91 Å². The average molecular weight is 219 g/mol. The summed E-state index contributed by atoms with van der Waals surface area (Å²) in [6.07, 6.45) is 1.06. The number of carbonyl (C=O) groups excluding carboxylic acids is 1. The summed E-state index contributed by atoms with van der Waals surface area (Å²) in [5.74, 6) is -0.170. The van der Waals surface area contributed by atoms with Crippen molar-refractivity contribution in [3.8, 4) is 0 Å². The van der Waals surface area contributed by atoms with E-state index in [-0.39, 0.29) is 11.9 Å². The topological polar surface area (TPSA) is 40.5 Å². The van der Waals surface area contributed by atoms with Crippen molar-refractivity contribution in [2.75, 3.05) is 6.54 Å². The fourth-order valence-electron chi connectivity index (χ4n) is 2.20. The van der Waals surface area contributed by atoms with Crippen LogP contribution in [-0.2, 0) is 4.79 Å². The van der Waals surface area contributed by atoms with E-state index in [0.717, 1.165) is 19.4 Å². The van der Waals surface area contributed by atoms with Crippen LogP contribution in [0.15, 0.2) is 30.3 Å². The van der Waals surface area contributed by atoms with Crippen LogP contribution < -0.4 is 0 Å². The van der Waals surface area contributed by atoms with Gasteiger partial charge < -0.3 is 10.0 Å². The van der Waals surface area contributed by atoms with Crippen LogP contribution in [0.2, 0.25) is 0 Å². The Balaban J connectivity index is 2.10. The number of amides is 1. The van der Waals surface area contributed by atoms with Gasteiger partial charge in [0.2, 0.25) is 0 Å². The largest absolute Gasteiger partial charge is 0.378 e. The normalized spacial score (nSPS) is 22.1. The lowest BCUT2D eigenvalue weighted by Gasteiger charge is -2.24. The molecule has 1 N–H and O–H groups in total. The third-order valence-electron chi connectivity index (χ3n) is 3.19. The van der Waals surface area contributed by atoms with Crippen LogP contribution in [-0.4, -0.2) is 28.5 Å². The van der Waals surface area contributed by atoms with Gasteiger partial charge in [0.05, 0.1) is 0 Å². The van der Waals surface area contributed by atoms with Gasteiger partial charge in [0.15, 0.2) is 6.10 Å². The number of carbonyl (C=O) groups is 1. The van der Waals surface area contributed by atoms with Gasteiger partial charge in [-0.15, -0.1) is 0 Å². The van der Waals surface area contributed by atoms with Crippen LogP contribution >= 0.6 is 0 Å². The highest BCUT2D eigenvalue weighted by molar-refractivity contribution is 5.82. The van der Waals surface area contributed by atoms with E-state index in [9.17, 15) is 9.90 Å². The molecule has 0 bridgehead atoms. The van der Waals surface area contributed by atoms with Crippen molar-refractivity contribution < 1.29 is 9.90 Å². The van der Waals surface area contributed by atoms with Crippen LogP contribution in [0.3, 0.4) is 0 Å².